The number of anilines is 2. The molecule has 4 aromatic heterocycles. The number of hydrogen-bond acceptors (Lipinski definition) is 6. The van der Waals surface area contributed by atoms with Gasteiger partial charge in [0.05, 0.1) is 23.0 Å². The van der Waals surface area contributed by atoms with Crippen LogP contribution in [-0.2, 0) is 25.6 Å². The second kappa shape index (κ2) is 7.46. The fourth-order valence-corrected chi connectivity index (χ4v) is 4.97. The fourth-order valence-electron chi connectivity index (χ4n) is 4.76. The summed E-state index contributed by atoms with van der Waals surface area (Å²) in [5.41, 5.74) is 2.37. The average molecular weight is 460 g/mol. The van der Waals surface area contributed by atoms with Gasteiger partial charge in [0.2, 0.25) is 0 Å². The lowest BCUT2D eigenvalue weighted by atomic mass is 9.69. The molecule has 0 saturated heterocycles. The summed E-state index contributed by atoms with van der Waals surface area (Å²) in [6.45, 7) is 1.67. The molecule has 1 aliphatic heterocycles. The van der Waals surface area contributed by atoms with Gasteiger partial charge in [0.1, 0.15) is 17.1 Å². The molecule has 10 heteroatoms. The molecular formula is C23H22ClN9. The summed E-state index contributed by atoms with van der Waals surface area (Å²) in [6.07, 6.45) is 9.21. The highest BCUT2D eigenvalue weighted by molar-refractivity contribution is 6.33. The number of rotatable bonds is 4. The summed E-state index contributed by atoms with van der Waals surface area (Å²) in [6, 6.07) is 8.44. The molecule has 1 aliphatic carbocycles. The Labute approximate surface area is 195 Å². The van der Waals surface area contributed by atoms with Crippen LogP contribution in [0.1, 0.15) is 31.5 Å². The van der Waals surface area contributed by atoms with Crippen molar-refractivity contribution in [1.82, 2.24) is 34.1 Å². The van der Waals surface area contributed by atoms with Crippen molar-refractivity contribution in [1.29, 1.82) is 5.26 Å². The number of nitriles is 1. The third-order valence-corrected chi connectivity index (χ3v) is 7.05. The Morgan fingerprint density at radius 3 is 2.79 bits per heavy atom. The number of pyridine rings is 1. The van der Waals surface area contributed by atoms with Gasteiger partial charge in [-0.25, -0.2) is 4.98 Å². The molecule has 0 bridgehead atoms. The zero-order chi connectivity index (χ0) is 22.6. The molecule has 5 heterocycles. The largest absolute Gasteiger partial charge is 0.344 e. The van der Waals surface area contributed by atoms with Crippen molar-refractivity contribution < 1.29 is 0 Å². The summed E-state index contributed by atoms with van der Waals surface area (Å²) in [4.78, 5) is 4.42. The second-order valence-electron chi connectivity index (χ2n) is 8.72. The van der Waals surface area contributed by atoms with Crippen LogP contribution in [0.4, 0.5) is 11.6 Å². The lowest BCUT2D eigenvalue weighted by Gasteiger charge is -2.34. The van der Waals surface area contributed by atoms with Gasteiger partial charge in [0.15, 0.2) is 11.6 Å². The first-order chi connectivity index (χ1) is 16.1. The van der Waals surface area contributed by atoms with E-state index in [-0.39, 0.29) is 0 Å². The zero-order valence-electron chi connectivity index (χ0n) is 18.2. The first-order valence-corrected chi connectivity index (χ1v) is 11.4. The summed E-state index contributed by atoms with van der Waals surface area (Å²) >= 11 is 6.56. The molecule has 4 aromatic rings. The standard InChI is InChI=1S/C23H22ClN9/c1-31-20(4-7-27-31)28-19-11-16(17(24)12-26-19)15-10-18-21-29-30-22(23(14-25)5-2-6-23)33(21)9-3-8-32(18)13-15/h4,7,10-13H,2-3,5-6,8-9H2,1H3,(H,26,28). The van der Waals surface area contributed by atoms with Crippen molar-refractivity contribution >= 4 is 23.2 Å². The maximum Gasteiger partial charge on any atom is 0.180 e. The lowest BCUT2D eigenvalue weighted by molar-refractivity contribution is 0.295. The maximum atomic E-state index is 9.83. The van der Waals surface area contributed by atoms with Crippen molar-refractivity contribution in [3.8, 4) is 28.7 Å². The van der Waals surface area contributed by atoms with E-state index in [0.29, 0.717) is 10.8 Å². The zero-order valence-corrected chi connectivity index (χ0v) is 18.9. The van der Waals surface area contributed by atoms with E-state index in [0.717, 1.165) is 73.1 Å². The molecule has 0 amide bonds. The second-order valence-corrected chi connectivity index (χ2v) is 9.13. The van der Waals surface area contributed by atoms with E-state index in [9.17, 15) is 5.26 Å². The molecule has 2 aliphatic rings. The van der Waals surface area contributed by atoms with Crippen LogP contribution >= 0.6 is 11.6 Å². The van der Waals surface area contributed by atoms with E-state index in [1.54, 1.807) is 17.1 Å². The average Bonchev–Trinajstić information content (AvgIpc) is 3.47. The first-order valence-electron chi connectivity index (χ1n) is 11.0. The van der Waals surface area contributed by atoms with Crippen molar-refractivity contribution in [2.75, 3.05) is 5.32 Å². The molecule has 1 fully saturated rings. The van der Waals surface area contributed by atoms with Crippen LogP contribution in [0.15, 0.2) is 36.8 Å². The topological polar surface area (TPSA) is 102 Å². The minimum Gasteiger partial charge on any atom is -0.344 e. The van der Waals surface area contributed by atoms with E-state index < -0.39 is 5.41 Å². The predicted molar refractivity (Wildman–Crippen MR) is 124 cm³/mol. The molecule has 0 spiro atoms. The SMILES string of the molecule is Cn1nccc1Nc1cc(-c2cc3n(c2)CCCn2c-3nnc2C2(C#N)CCC2)c(Cl)cn1. The Kier molecular flexibility index (Phi) is 4.52. The van der Waals surface area contributed by atoms with Gasteiger partial charge in [-0.15, -0.1) is 10.2 Å². The van der Waals surface area contributed by atoms with Gasteiger partial charge in [0.25, 0.3) is 0 Å². The van der Waals surface area contributed by atoms with Gasteiger partial charge in [-0.2, -0.15) is 10.4 Å². The molecule has 33 heavy (non-hydrogen) atoms. The lowest BCUT2D eigenvalue weighted by Crippen LogP contribution is -2.35. The summed E-state index contributed by atoms with van der Waals surface area (Å²) in [5, 5.41) is 26.9. The minimum atomic E-state index is -0.489. The van der Waals surface area contributed by atoms with E-state index in [1.165, 1.54) is 0 Å². The third-order valence-electron chi connectivity index (χ3n) is 6.75. The Bertz CT molecular complexity index is 1400. The molecule has 0 aromatic carbocycles. The van der Waals surface area contributed by atoms with Gasteiger partial charge in [-0.05, 0) is 37.8 Å². The van der Waals surface area contributed by atoms with E-state index in [2.05, 4.69) is 53.1 Å². The van der Waals surface area contributed by atoms with Crippen molar-refractivity contribution in [3.63, 3.8) is 0 Å². The highest BCUT2D eigenvalue weighted by Crippen LogP contribution is 2.44. The number of nitrogens with zero attached hydrogens (tertiary/aromatic N) is 8. The highest BCUT2D eigenvalue weighted by Gasteiger charge is 2.44. The minimum absolute atomic E-state index is 0.489. The van der Waals surface area contributed by atoms with Crippen LogP contribution in [0.25, 0.3) is 22.6 Å². The number of nitrogens with one attached hydrogen (secondary N) is 1. The van der Waals surface area contributed by atoms with Gasteiger partial charge in [-0.1, -0.05) is 11.6 Å². The van der Waals surface area contributed by atoms with Gasteiger partial charge in [-0.3, -0.25) is 4.68 Å². The Morgan fingerprint density at radius 2 is 2.06 bits per heavy atom. The third kappa shape index (κ3) is 3.13. The van der Waals surface area contributed by atoms with Gasteiger partial charge >= 0.3 is 0 Å². The molecule has 6 rings (SSSR count). The van der Waals surface area contributed by atoms with E-state index in [4.69, 9.17) is 11.6 Å². The fraction of sp³-hybridized carbons (Fsp3) is 0.348. The number of aryl methyl sites for hydroxylation is 2. The Hall–Kier alpha value is -3.64. The van der Waals surface area contributed by atoms with Crippen LogP contribution < -0.4 is 5.32 Å². The van der Waals surface area contributed by atoms with Gasteiger partial charge in [0, 0.05) is 49.7 Å². The summed E-state index contributed by atoms with van der Waals surface area (Å²) < 4.78 is 6.10. The van der Waals surface area contributed by atoms with Gasteiger partial charge < -0.3 is 14.5 Å². The van der Waals surface area contributed by atoms with Crippen molar-refractivity contribution in [2.45, 2.75) is 44.2 Å². The van der Waals surface area contributed by atoms with E-state index in [1.807, 2.05) is 19.2 Å². The van der Waals surface area contributed by atoms with Crippen LogP contribution in [-0.4, -0.2) is 34.1 Å². The monoisotopic (exact) mass is 459 g/mol. The molecule has 0 atom stereocenters. The molecule has 9 nitrogen and oxygen atoms in total. The maximum absolute atomic E-state index is 9.83. The summed E-state index contributed by atoms with van der Waals surface area (Å²) in [7, 11) is 1.87. The Balaban J connectivity index is 1.40. The van der Waals surface area contributed by atoms with E-state index >= 15 is 0 Å². The normalized spacial score (nSPS) is 16.3. The smallest absolute Gasteiger partial charge is 0.180 e. The van der Waals surface area contributed by atoms with Crippen LogP contribution in [0.3, 0.4) is 0 Å². The van der Waals surface area contributed by atoms with Crippen LogP contribution in [0.5, 0.6) is 0 Å². The number of fused-ring (bicyclic) bond motifs is 3. The molecule has 1 N–H and O–H groups in total. The predicted octanol–water partition coefficient (Wildman–Crippen LogP) is 4.29. The number of aromatic nitrogens is 7. The number of hydrogen-bond donors (Lipinski definition) is 1. The van der Waals surface area contributed by atoms with Crippen LogP contribution in [0, 0.1) is 11.3 Å². The summed E-state index contributed by atoms with van der Waals surface area (Å²) in [5.74, 6) is 3.15. The Morgan fingerprint density at radius 1 is 1.18 bits per heavy atom. The highest BCUT2D eigenvalue weighted by atomic mass is 35.5. The first kappa shape index (κ1) is 20.0. The van der Waals surface area contributed by atoms with Crippen molar-refractivity contribution in [3.05, 3.63) is 47.6 Å². The van der Waals surface area contributed by atoms with Crippen molar-refractivity contribution in [2.24, 2.45) is 7.05 Å². The number of halogens is 1. The molecule has 0 radical (unpaired) electrons. The molecular weight excluding hydrogens is 438 g/mol. The molecule has 0 unspecified atom stereocenters. The molecule has 166 valence electrons. The quantitative estimate of drug-likeness (QED) is 0.488. The molecule has 1 saturated carbocycles. The van der Waals surface area contributed by atoms with Crippen LogP contribution in [0.2, 0.25) is 5.02 Å².